The first-order chi connectivity index (χ1) is 9.08. The molecule has 0 aromatic heterocycles. The predicted octanol–water partition coefficient (Wildman–Crippen LogP) is 2.83. The van der Waals surface area contributed by atoms with Crippen molar-refractivity contribution in [2.75, 3.05) is 0 Å². The van der Waals surface area contributed by atoms with Gasteiger partial charge < -0.3 is 15.0 Å². The third-order valence-corrected chi connectivity index (χ3v) is 5.54. The molecule has 0 heterocycles. The number of hydrogen-bond acceptors (Lipinski definition) is 3. The molecule has 2 N–H and O–H groups in total. The van der Waals surface area contributed by atoms with Crippen LogP contribution < -0.4 is 0 Å². The normalized spacial score (nSPS) is 40.5. The van der Waals surface area contributed by atoms with Gasteiger partial charge >= 0.3 is 0 Å². The lowest BCUT2D eigenvalue weighted by Crippen LogP contribution is -2.64. The van der Waals surface area contributed by atoms with Crippen LogP contribution in [0.3, 0.4) is 0 Å². The van der Waals surface area contributed by atoms with Crippen molar-refractivity contribution in [1.82, 2.24) is 0 Å². The fraction of sp³-hybridized carbons (Fsp3) is 0.938. The molecule has 0 radical (unpaired) electrons. The van der Waals surface area contributed by atoms with E-state index in [2.05, 4.69) is 6.92 Å². The van der Waals surface area contributed by atoms with Gasteiger partial charge in [0, 0.05) is 5.92 Å². The summed E-state index contributed by atoms with van der Waals surface area (Å²) in [4.78, 5) is 11.4. The van der Waals surface area contributed by atoms with E-state index >= 15 is 0 Å². The highest BCUT2D eigenvalue weighted by Gasteiger charge is 2.59. The van der Waals surface area contributed by atoms with Crippen molar-refractivity contribution in [1.29, 1.82) is 0 Å². The Balaban J connectivity index is 2.28. The number of carbonyl (C=O) groups is 1. The van der Waals surface area contributed by atoms with Gasteiger partial charge in [-0.15, -0.1) is 0 Å². The molecule has 19 heavy (non-hydrogen) atoms. The van der Waals surface area contributed by atoms with Gasteiger partial charge in [-0.1, -0.05) is 32.6 Å². The molecule has 2 aliphatic carbocycles. The van der Waals surface area contributed by atoms with Crippen LogP contribution in [0.1, 0.15) is 71.1 Å². The minimum atomic E-state index is -1.20. The maximum absolute atomic E-state index is 11.4. The van der Waals surface area contributed by atoms with Crippen molar-refractivity contribution in [2.24, 2.45) is 11.8 Å². The predicted molar refractivity (Wildman–Crippen MR) is 74.8 cm³/mol. The van der Waals surface area contributed by atoms with E-state index in [4.69, 9.17) is 0 Å². The van der Waals surface area contributed by atoms with Gasteiger partial charge in [0.2, 0.25) is 0 Å². The highest BCUT2D eigenvalue weighted by molar-refractivity contribution is 5.57. The number of aldehydes is 1. The molecule has 3 unspecified atom stereocenters. The Morgan fingerprint density at radius 2 is 1.84 bits per heavy atom. The molecule has 3 atom stereocenters. The third-order valence-electron chi connectivity index (χ3n) is 5.54. The first-order valence-corrected chi connectivity index (χ1v) is 7.98. The molecule has 0 aliphatic heterocycles. The van der Waals surface area contributed by atoms with Crippen LogP contribution in [-0.2, 0) is 4.79 Å². The SMILES string of the molecule is CCCCC1(O)C(C=O)CCCC1(O)C1CCCC1. The molecule has 0 aromatic rings. The minimum Gasteiger partial charge on any atom is -0.387 e. The van der Waals surface area contributed by atoms with Crippen molar-refractivity contribution in [3.8, 4) is 0 Å². The monoisotopic (exact) mass is 268 g/mol. The number of aliphatic hydroxyl groups is 2. The topological polar surface area (TPSA) is 57.5 Å². The molecule has 2 saturated carbocycles. The van der Waals surface area contributed by atoms with Crippen molar-refractivity contribution >= 4 is 6.29 Å². The van der Waals surface area contributed by atoms with E-state index in [-0.39, 0.29) is 5.92 Å². The second kappa shape index (κ2) is 5.92. The second-order valence-electron chi connectivity index (χ2n) is 6.57. The smallest absolute Gasteiger partial charge is 0.126 e. The Hall–Kier alpha value is -0.410. The minimum absolute atomic E-state index is 0.178. The molecule has 2 aliphatic rings. The van der Waals surface area contributed by atoms with Gasteiger partial charge in [0.15, 0.2) is 0 Å². The number of carbonyl (C=O) groups excluding carboxylic acids is 1. The Kier molecular flexibility index (Phi) is 4.67. The molecule has 2 fully saturated rings. The summed E-state index contributed by atoms with van der Waals surface area (Å²) in [5, 5.41) is 22.4. The Morgan fingerprint density at radius 1 is 1.16 bits per heavy atom. The van der Waals surface area contributed by atoms with Crippen molar-refractivity contribution in [2.45, 2.75) is 82.3 Å². The summed E-state index contributed by atoms with van der Waals surface area (Å²) in [6.45, 7) is 2.08. The van der Waals surface area contributed by atoms with Gasteiger partial charge in [-0.05, 0) is 44.4 Å². The summed E-state index contributed by atoms with van der Waals surface area (Å²) in [6, 6.07) is 0. The largest absolute Gasteiger partial charge is 0.387 e. The molecular formula is C16H28O3. The van der Waals surface area contributed by atoms with Gasteiger partial charge in [-0.2, -0.15) is 0 Å². The molecule has 3 nitrogen and oxygen atoms in total. The molecule has 0 saturated heterocycles. The number of rotatable bonds is 5. The van der Waals surface area contributed by atoms with Crippen LogP contribution in [0, 0.1) is 11.8 Å². The number of hydrogen-bond donors (Lipinski definition) is 2. The summed E-state index contributed by atoms with van der Waals surface area (Å²) in [5.41, 5.74) is -2.24. The average Bonchev–Trinajstić information content (AvgIpc) is 2.94. The van der Waals surface area contributed by atoms with Crippen LogP contribution in [0.15, 0.2) is 0 Å². The summed E-state index contributed by atoms with van der Waals surface area (Å²) in [7, 11) is 0. The second-order valence-corrected chi connectivity index (χ2v) is 6.57. The first kappa shape index (κ1) is 15.0. The molecule has 0 aromatic carbocycles. The van der Waals surface area contributed by atoms with Crippen LogP contribution in [0.25, 0.3) is 0 Å². The van der Waals surface area contributed by atoms with Crippen LogP contribution in [0.4, 0.5) is 0 Å². The molecular weight excluding hydrogens is 240 g/mol. The van der Waals surface area contributed by atoms with Gasteiger partial charge in [-0.25, -0.2) is 0 Å². The molecule has 110 valence electrons. The maximum atomic E-state index is 11.4. The van der Waals surface area contributed by atoms with Gasteiger partial charge in [0.05, 0.1) is 5.60 Å². The van der Waals surface area contributed by atoms with E-state index in [0.717, 1.165) is 57.7 Å². The van der Waals surface area contributed by atoms with E-state index in [1.54, 1.807) is 0 Å². The van der Waals surface area contributed by atoms with E-state index in [1.807, 2.05) is 0 Å². The Morgan fingerprint density at radius 3 is 2.42 bits per heavy atom. The summed E-state index contributed by atoms with van der Waals surface area (Å²) in [6.07, 6.45) is 9.79. The van der Waals surface area contributed by atoms with Gasteiger partial charge in [0.1, 0.15) is 11.9 Å². The highest BCUT2D eigenvalue weighted by Crippen LogP contribution is 2.51. The zero-order valence-corrected chi connectivity index (χ0v) is 12.1. The third kappa shape index (κ3) is 2.47. The quantitative estimate of drug-likeness (QED) is 0.754. The molecule has 0 amide bonds. The molecule has 0 spiro atoms. The van der Waals surface area contributed by atoms with E-state index < -0.39 is 17.1 Å². The van der Waals surface area contributed by atoms with Crippen LogP contribution in [-0.4, -0.2) is 27.7 Å². The van der Waals surface area contributed by atoms with Crippen LogP contribution in [0.2, 0.25) is 0 Å². The van der Waals surface area contributed by atoms with Crippen molar-refractivity contribution in [3.05, 3.63) is 0 Å². The average molecular weight is 268 g/mol. The Labute approximate surface area is 116 Å². The molecule has 3 heteroatoms. The van der Waals surface area contributed by atoms with Gasteiger partial charge in [-0.3, -0.25) is 0 Å². The fourth-order valence-corrected chi connectivity index (χ4v) is 4.36. The lowest BCUT2D eigenvalue weighted by atomic mass is 9.59. The standard InChI is InChI=1S/C16H28O3/c1-2-3-10-16(19)14(12-17)9-6-11-15(16,18)13-7-4-5-8-13/h12-14,18-19H,2-11H2,1H3. The fourth-order valence-electron chi connectivity index (χ4n) is 4.36. The lowest BCUT2D eigenvalue weighted by Gasteiger charge is -2.53. The summed E-state index contributed by atoms with van der Waals surface area (Å²) >= 11 is 0. The lowest BCUT2D eigenvalue weighted by molar-refractivity contribution is -0.225. The zero-order valence-electron chi connectivity index (χ0n) is 12.1. The molecule has 2 rings (SSSR count). The summed E-state index contributed by atoms with van der Waals surface area (Å²) in [5.74, 6) is -0.212. The maximum Gasteiger partial charge on any atom is 0.126 e. The van der Waals surface area contributed by atoms with Crippen molar-refractivity contribution < 1.29 is 15.0 Å². The highest BCUT2D eigenvalue weighted by atomic mass is 16.4. The van der Waals surface area contributed by atoms with Crippen molar-refractivity contribution in [3.63, 3.8) is 0 Å². The van der Waals surface area contributed by atoms with Crippen LogP contribution >= 0.6 is 0 Å². The summed E-state index contributed by atoms with van der Waals surface area (Å²) < 4.78 is 0. The van der Waals surface area contributed by atoms with E-state index in [1.165, 1.54) is 0 Å². The first-order valence-electron chi connectivity index (χ1n) is 7.98. The van der Waals surface area contributed by atoms with E-state index in [9.17, 15) is 15.0 Å². The van der Waals surface area contributed by atoms with Gasteiger partial charge in [0.25, 0.3) is 0 Å². The zero-order chi connectivity index (χ0) is 13.9. The number of unbranched alkanes of at least 4 members (excludes halogenated alkanes) is 1. The van der Waals surface area contributed by atoms with E-state index in [0.29, 0.717) is 12.8 Å². The molecule has 0 bridgehead atoms. The van der Waals surface area contributed by atoms with Crippen LogP contribution in [0.5, 0.6) is 0 Å². The Bertz CT molecular complexity index is 311.